The Balaban J connectivity index is 3.99. The minimum absolute atomic E-state index is 0.640. The van der Waals surface area contributed by atoms with Crippen LogP contribution in [-0.2, 0) is 4.74 Å². The number of methoxy groups -OCH3 is 1. The average Bonchev–Trinajstić information content (AvgIpc) is 2.36. The molecule has 0 aromatic carbocycles. The van der Waals surface area contributed by atoms with Crippen molar-refractivity contribution in [2.75, 3.05) is 33.4 Å². The molecule has 0 aliphatic carbocycles. The lowest BCUT2D eigenvalue weighted by Gasteiger charge is -2.30. The molecule has 0 saturated heterocycles. The highest BCUT2D eigenvalue weighted by Gasteiger charge is 2.14. The highest BCUT2D eigenvalue weighted by atomic mass is 16.5. The Morgan fingerprint density at radius 1 is 1.11 bits per heavy atom. The van der Waals surface area contributed by atoms with E-state index in [0.29, 0.717) is 12.1 Å². The third-order valence-corrected chi connectivity index (χ3v) is 3.66. The molecule has 3 heteroatoms. The first kappa shape index (κ1) is 17.9. The molecule has 0 fully saturated rings. The molecule has 1 unspecified atom stereocenters. The summed E-state index contributed by atoms with van der Waals surface area (Å²) in [6.07, 6.45) is 4.98. The van der Waals surface area contributed by atoms with Gasteiger partial charge in [0.15, 0.2) is 0 Å². The van der Waals surface area contributed by atoms with E-state index in [1.54, 1.807) is 7.11 Å². The Bertz CT molecular complexity index is 172. The van der Waals surface area contributed by atoms with Gasteiger partial charge in [0.1, 0.15) is 0 Å². The SMILES string of the molecule is CCCC(C)NCCN(CCOC)C(CC)CC. The Hall–Kier alpha value is -0.120. The molecule has 0 bridgehead atoms. The minimum Gasteiger partial charge on any atom is -0.383 e. The van der Waals surface area contributed by atoms with Crippen LogP contribution in [0.1, 0.15) is 53.4 Å². The summed E-state index contributed by atoms with van der Waals surface area (Å²) < 4.78 is 5.22. The predicted octanol–water partition coefficient (Wildman–Crippen LogP) is 2.90. The maximum Gasteiger partial charge on any atom is 0.0589 e. The lowest BCUT2D eigenvalue weighted by molar-refractivity contribution is 0.115. The molecule has 0 aromatic rings. The van der Waals surface area contributed by atoms with Gasteiger partial charge in [-0.15, -0.1) is 0 Å². The van der Waals surface area contributed by atoms with Crippen LogP contribution in [0.25, 0.3) is 0 Å². The Morgan fingerprint density at radius 2 is 1.78 bits per heavy atom. The van der Waals surface area contributed by atoms with Crippen LogP contribution < -0.4 is 5.32 Å². The van der Waals surface area contributed by atoms with E-state index < -0.39 is 0 Å². The standard InChI is InChI=1S/C15H34N2O/c1-6-9-14(4)16-10-11-17(12-13-18-5)15(7-2)8-3/h14-16H,6-13H2,1-5H3. The van der Waals surface area contributed by atoms with Gasteiger partial charge in [-0.05, 0) is 26.2 Å². The quantitative estimate of drug-likeness (QED) is 0.582. The Kier molecular flexibility index (Phi) is 11.9. The van der Waals surface area contributed by atoms with Crippen molar-refractivity contribution in [3.63, 3.8) is 0 Å². The first-order valence-electron chi connectivity index (χ1n) is 7.65. The van der Waals surface area contributed by atoms with Crippen molar-refractivity contribution in [2.24, 2.45) is 0 Å². The molecule has 0 saturated carbocycles. The van der Waals surface area contributed by atoms with E-state index in [9.17, 15) is 0 Å². The monoisotopic (exact) mass is 258 g/mol. The van der Waals surface area contributed by atoms with E-state index in [0.717, 1.165) is 26.2 Å². The van der Waals surface area contributed by atoms with Crippen LogP contribution in [0.2, 0.25) is 0 Å². The lowest BCUT2D eigenvalue weighted by Crippen LogP contribution is -2.42. The lowest BCUT2D eigenvalue weighted by atomic mass is 10.1. The molecule has 0 spiro atoms. The van der Waals surface area contributed by atoms with Crippen LogP contribution >= 0.6 is 0 Å². The number of hydrogen-bond donors (Lipinski definition) is 1. The van der Waals surface area contributed by atoms with Gasteiger partial charge in [0.25, 0.3) is 0 Å². The van der Waals surface area contributed by atoms with Crippen molar-refractivity contribution in [1.82, 2.24) is 10.2 Å². The van der Waals surface area contributed by atoms with Crippen LogP contribution in [0.15, 0.2) is 0 Å². The fraction of sp³-hybridized carbons (Fsp3) is 1.00. The van der Waals surface area contributed by atoms with Gasteiger partial charge in [0.05, 0.1) is 6.61 Å². The third-order valence-electron chi connectivity index (χ3n) is 3.66. The summed E-state index contributed by atoms with van der Waals surface area (Å²) in [6, 6.07) is 1.34. The third kappa shape index (κ3) is 8.06. The van der Waals surface area contributed by atoms with E-state index in [1.807, 2.05) is 0 Å². The minimum atomic E-state index is 0.640. The van der Waals surface area contributed by atoms with E-state index in [2.05, 4.69) is 37.9 Å². The maximum atomic E-state index is 5.22. The first-order chi connectivity index (χ1) is 8.69. The summed E-state index contributed by atoms with van der Waals surface area (Å²) in [5.41, 5.74) is 0. The fourth-order valence-corrected chi connectivity index (χ4v) is 2.48. The number of hydrogen-bond acceptors (Lipinski definition) is 3. The summed E-state index contributed by atoms with van der Waals surface area (Å²) in [6.45, 7) is 13.2. The fourth-order valence-electron chi connectivity index (χ4n) is 2.48. The zero-order chi connectivity index (χ0) is 13.8. The summed E-state index contributed by atoms with van der Waals surface area (Å²) in [5.74, 6) is 0. The molecule has 3 nitrogen and oxygen atoms in total. The normalized spacial score (nSPS) is 13.5. The van der Waals surface area contributed by atoms with E-state index in [1.165, 1.54) is 25.7 Å². The van der Waals surface area contributed by atoms with Gasteiger partial charge in [-0.25, -0.2) is 0 Å². The van der Waals surface area contributed by atoms with E-state index >= 15 is 0 Å². The predicted molar refractivity (Wildman–Crippen MR) is 80.2 cm³/mol. The van der Waals surface area contributed by atoms with Gasteiger partial charge in [-0.1, -0.05) is 27.2 Å². The second-order valence-corrected chi connectivity index (χ2v) is 5.14. The topological polar surface area (TPSA) is 24.5 Å². The Morgan fingerprint density at radius 3 is 2.28 bits per heavy atom. The molecule has 0 aliphatic rings. The number of rotatable bonds is 12. The maximum absolute atomic E-state index is 5.22. The Labute approximate surface area is 114 Å². The van der Waals surface area contributed by atoms with Crippen LogP contribution in [0.4, 0.5) is 0 Å². The van der Waals surface area contributed by atoms with Gasteiger partial charge >= 0.3 is 0 Å². The first-order valence-corrected chi connectivity index (χ1v) is 7.65. The number of ether oxygens (including phenoxy) is 1. The molecule has 0 heterocycles. The summed E-state index contributed by atoms with van der Waals surface area (Å²) in [5, 5.41) is 3.61. The van der Waals surface area contributed by atoms with Crippen LogP contribution in [0.5, 0.6) is 0 Å². The highest BCUT2D eigenvalue weighted by molar-refractivity contribution is 4.71. The van der Waals surface area contributed by atoms with E-state index in [4.69, 9.17) is 4.74 Å². The van der Waals surface area contributed by atoms with Crippen molar-refractivity contribution >= 4 is 0 Å². The molecule has 0 rings (SSSR count). The molecule has 1 N–H and O–H groups in total. The van der Waals surface area contributed by atoms with Crippen molar-refractivity contribution < 1.29 is 4.74 Å². The molecule has 0 aliphatic heterocycles. The smallest absolute Gasteiger partial charge is 0.0589 e. The second-order valence-electron chi connectivity index (χ2n) is 5.14. The molecule has 110 valence electrons. The summed E-state index contributed by atoms with van der Waals surface area (Å²) in [7, 11) is 1.78. The summed E-state index contributed by atoms with van der Waals surface area (Å²) in [4.78, 5) is 2.56. The van der Waals surface area contributed by atoms with Crippen molar-refractivity contribution in [1.29, 1.82) is 0 Å². The number of nitrogens with one attached hydrogen (secondary N) is 1. The van der Waals surface area contributed by atoms with Crippen molar-refractivity contribution in [2.45, 2.75) is 65.5 Å². The molecular formula is C15H34N2O. The van der Waals surface area contributed by atoms with Crippen molar-refractivity contribution in [3.05, 3.63) is 0 Å². The van der Waals surface area contributed by atoms with Gasteiger partial charge in [-0.2, -0.15) is 0 Å². The summed E-state index contributed by atoms with van der Waals surface area (Å²) >= 11 is 0. The van der Waals surface area contributed by atoms with Gasteiger partial charge in [-0.3, -0.25) is 4.90 Å². The number of nitrogens with zero attached hydrogens (tertiary/aromatic N) is 1. The molecular weight excluding hydrogens is 224 g/mol. The van der Waals surface area contributed by atoms with Crippen LogP contribution in [-0.4, -0.2) is 50.3 Å². The zero-order valence-electron chi connectivity index (χ0n) is 13.2. The van der Waals surface area contributed by atoms with Gasteiger partial charge in [0, 0.05) is 38.8 Å². The highest BCUT2D eigenvalue weighted by Crippen LogP contribution is 2.07. The zero-order valence-corrected chi connectivity index (χ0v) is 13.2. The molecule has 0 radical (unpaired) electrons. The largest absolute Gasteiger partial charge is 0.383 e. The van der Waals surface area contributed by atoms with Crippen molar-refractivity contribution in [3.8, 4) is 0 Å². The molecule has 1 atom stereocenters. The van der Waals surface area contributed by atoms with Crippen LogP contribution in [0, 0.1) is 0 Å². The van der Waals surface area contributed by atoms with Gasteiger partial charge in [0.2, 0.25) is 0 Å². The average molecular weight is 258 g/mol. The second kappa shape index (κ2) is 11.9. The molecule has 0 amide bonds. The molecule has 0 aromatic heterocycles. The van der Waals surface area contributed by atoms with Gasteiger partial charge < -0.3 is 10.1 Å². The van der Waals surface area contributed by atoms with E-state index in [-0.39, 0.29) is 0 Å². The van der Waals surface area contributed by atoms with Crippen LogP contribution in [0.3, 0.4) is 0 Å². The molecule has 18 heavy (non-hydrogen) atoms.